The third-order valence-corrected chi connectivity index (χ3v) is 2.70. The highest BCUT2D eigenvalue weighted by Gasteiger charge is 2.37. The fourth-order valence-corrected chi connectivity index (χ4v) is 1.97. The minimum absolute atomic E-state index is 0.0751. The summed E-state index contributed by atoms with van der Waals surface area (Å²) in [6, 6.07) is 0. The van der Waals surface area contributed by atoms with Gasteiger partial charge in [0.1, 0.15) is 5.60 Å². The highest BCUT2D eigenvalue weighted by atomic mass is 16.6. The van der Waals surface area contributed by atoms with Crippen LogP contribution >= 0.6 is 0 Å². The second-order valence-corrected chi connectivity index (χ2v) is 5.90. The Morgan fingerprint density at radius 2 is 2.06 bits per heavy atom. The lowest BCUT2D eigenvalue weighted by molar-refractivity contribution is 0.0248. The summed E-state index contributed by atoms with van der Waals surface area (Å²) in [5.41, 5.74) is -0.344. The van der Waals surface area contributed by atoms with Crippen LogP contribution in [0.25, 0.3) is 0 Å². The molecule has 4 nitrogen and oxygen atoms in total. The Labute approximate surface area is 97.9 Å². The Bertz CT molecular complexity index is 259. The van der Waals surface area contributed by atoms with Gasteiger partial charge in [0.15, 0.2) is 0 Å². The van der Waals surface area contributed by atoms with Crippen molar-refractivity contribution in [2.45, 2.75) is 39.7 Å². The molecule has 0 bridgehead atoms. The van der Waals surface area contributed by atoms with E-state index in [-0.39, 0.29) is 11.5 Å². The predicted molar refractivity (Wildman–Crippen MR) is 62.4 cm³/mol. The van der Waals surface area contributed by atoms with E-state index in [0.717, 1.165) is 19.5 Å². The maximum absolute atomic E-state index is 11.8. The molecule has 0 spiro atoms. The number of rotatable bonds is 2. The minimum Gasteiger partial charge on any atom is -0.444 e. The van der Waals surface area contributed by atoms with Crippen LogP contribution in [0.2, 0.25) is 0 Å². The maximum Gasteiger partial charge on any atom is 0.410 e. The summed E-state index contributed by atoms with van der Waals surface area (Å²) >= 11 is 0. The molecule has 16 heavy (non-hydrogen) atoms. The minimum atomic E-state index is -0.419. The van der Waals surface area contributed by atoms with Gasteiger partial charge in [-0.15, -0.1) is 0 Å². The van der Waals surface area contributed by atoms with Gasteiger partial charge in [-0.3, -0.25) is 0 Å². The van der Waals surface area contributed by atoms with Gasteiger partial charge in [-0.25, -0.2) is 4.79 Å². The molecule has 4 heteroatoms. The zero-order chi connectivity index (χ0) is 12.4. The van der Waals surface area contributed by atoms with Crippen LogP contribution in [0.3, 0.4) is 0 Å². The van der Waals surface area contributed by atoms with Crippen molar-refractivity contribution in [3.63, 3.8) is 0 Å². The summed E-state index contributed by atoms with van der Waals surface area (Å²) in [6.07, 6.45) is 0.757. The van der Waals surface area contributed by atoms with Crippen LogP contribution in [0.4, 0.5) is 4.79 Å². The van der Waals surface area contributed by atoms with E-state index in [9.17, 15) is 4.79 Å². The number of carbonyl (C=O) groups is 1. The quantitative estimate of drug-likeness (QED) is 0.729. The van der Waals surface area contributed by atoms with Crippen molar-refractivity contribution in [2.75, 3.05) is 26.8 Å². The van der Waals surface area contributed by atoms with E-state index in [2.05, 4.69) is 6.92 Å². The van der Waals surface area contributed by atoms with Crippen LogP contribution in [0.15, 0.2) is 0 Å². The Balaban J connectivity index is 2.50. The number of methoxy groups -OCH3 is 1. The van der Waals surface area contributed by atoms with Crippen molar-refractivity contribution in [2.24, 2.45) is 5.41 Å². The molecule has 94 valence electrons. The fourth-order valence-electron chi connectivity index (χ4n) is 1.97. The van der Waals surface area contributed by atoms with Crippen LogP contribution in [-0.2, 0) is 9.47 Å². The standard InChI is InChI=1S/C12H23NO3/c1-11(2,3)16-10(14)13-7-6-12(4,8-13)9-15-5/h6-9H2,1-5H3. The molecule has 1 atom stereocenters. The predicted octanol–water partition coefficient (Wildman–Crippen LogP) is 2.28. The van der Waals surface area contributed by atoms with Gasteiger partial charge in [-0.1, -0.05) is 6.92 Å². The highest BCUT2D eigenvalue weighted by Crippen LogP contribution is 2.30. The van der Waals surface area contributed by atoms with E-state index < -0.39 is 5.60 Å². The number of nitrogens with zero attached hydrogens (tertiary/aromatic N) is 1. The number of ether oxygens (including phenoxy) is 2. The van der Waals surface area contributed by atoms with Gasteiger partial charge in [0.05, 0.1) is 6.61 Å². The first-order valence-electron chi connectivity index (χ1n) is 5.73. The molecule has 1 saturated heterocycles. The summed E-state index contributed by atoms with van der Waals surface area (Å²) in [5.74, 6) is 0. The van der Waals surface area contributed by atoms with Crippen molar-refractivity contribution in [1.29, 1.82) is 0 Å². The molecule has 0 aromatic heterocycles. The Morgan fingerprint density at radius 3 is 2.56 bits per heavy atom. The normalized spacial score (nSPS) is 25.9. The summed E-state index contributed by atoms with van der Waals surface area (Å²) in [6.45, 7) is 9.96. The second-order valence-electron chi connectivity index (χ2n) is 5.90. The zero-order valence-corrected chi connectivity index (χ0v) is 11.0. The Hall–Kier alpha value is -0.770. The molecule has 1 fully saturated rings. The van der Waals surface area contributed by atoms with Crippen molar-refractivity contribution in [1.82, 2.24) is 4.90 Å². The molecule has 1 aliphatic rings. The third-order valence-electron chi connectivity index (χ3n) is 2.70. The molecule has 0 aromatic rings. The van der Waals surface area contributed by atoms with Gasteiger partial charge in [0, 0.05) is 25.6 Å². The molecule has 0 N–H and O–H groups in total. The SMILES string of the molecule is COCC1(C)CCN(C(=O)OC(C)(C)C)C1. The smallest absolute Gasteiger partial charge is 0.410 e. The van der Waals surface area contributed by atoms with E-state index >= 15 is 0 Å². The van der Waals surface area contributed by atoms with Crippen LogP contribution in [0.5, 0.6) is 0 Å². The Morgan fingerprint density at radius 1 is 1.44 bits per heavy atom. The Kier molecular flexibility index (Phi) is 3.84. The average Bonchev–Trinajstić information content (AvgIpc) is 2.45. The molecule has 0 aliphatic carbocycles. The van der Waals surface area contributed by atoms with Gasteiger partial charge in [0.2, 0.25) is 0 Å². The monoisotopic (exact) mass is 229 g/mol. The molecule has 1 amide bonds. The topological polar surface area (TPSA) is 38.8 Å². The van der Waals surface area contributed by atoms with Crippen LogP contribution < -0.4 is 0 Å². The van der Waals surface area contributed by atoms with E-state index in [0.29, 0.717) is 6.61 Å². The summed E-state index contributed by atoms with van der Waals surface area (Å²) in [4.78, 5) is 13.6. The number of hydrogen-bond donors (Lipinski definition) is 0. The van der Waals surface area contributed by atoms with E-state index in [4.69, 9.17) is 9.47 Å². The van der Waals surface area contributed by atoms with Crippen molar-refractivity contribution >= 4 is 6.09 Å². The molecular weight excluding hydrogens is 206 g/mol. The van der Waals surface area contributed by atoms with Crippen molar-refractivity contribution in [3.05, 3.63) is 0 Å². The number of hydrogen-bond acceptors (Lipinski definition) is 3. The van der Waals surface area contributed by atoms with Gasteiger partial charge < -0.3 is 14.4 Å². The summed E-state index contributed by atoms with van der Waals surface area (Å²) in [7, 11) is 1.70. The van der Waals surface area contributed by atoms with Crippen LogP contribution in [-0.4, -0.2) is 43.4 Å². The fraction of sp³-hybridized carbons (Fsp3) is 0.917. The van der Waals surface area contributed by atoms with Crippen molar-refractivity contribution in [3.8, 4) is 0 Å². The highest BCUT2D eigenvalue weighted by molar-refractivity contribution is 5.68. The summed E-state index contributed by atoms with van der Waals surface area (Å²) in [5, 5.41) is 0. The van der Waals surface area contributed by atoms with Gasteiger partial charge in [0.25, 0.3) is 0 Å². The molecule has 0 aromatic carbocycles. The lowest BCUT2D eigenvalue weighted by atomic mass is 9.91. The second kappa shape index (κ2) is 4.62. The lowest BCUT2D eigenvalue weighted by Gasteiger charge is -2.26. The largest absolute Gasteiger partial charge is 0.444 e. The number of likely N-dealkylation sites (tertiary alicyclic amines) is 1. The molecule has 1 unspecified atom stereocenters. The zero-order valence-electron chi connectivity index (χ0n) is 11.0. The average molecular weight is 229 g/mol. The first kappa shape index (κ1) is 13.3. The van der Waals surface area contributed by atoms with E-state index in [1.165, 1.54) is 0 Å². The van der Waals surface area contributed by atoms with Gasteiger partial charge in [-0.2, -0.15) is 0 Å². The number of carbonyl (C=O) groups excluding carboxylic acids is 1. The molecule has 1 rings (SSSR count). The van der Waals surface area contributed by atoms with Crippen LogP contribution in [0.1, 0.15) is 34.1 Å². The first-order valence-corrected chi connectivity index (χ1v) is 5.73. The maximum atomic E-state index is 11.8. The summed E-state index contributed by atoms with van der Waals surface area (Å²) < 4.78 is 10.5. The van der Waals surface area contributed by atoms with Crippen molar-refractivity contribution < 1.29 is 14.3 Å². The first-order chi connectivity index (χ1) is 7.26. The number of amides is 1. The lowest BCUT2D eigenvalue weighted by Crippen LogP contribution is -2.37. The van der Waals surface area contributed by atoms with Crippen LogP contribution in [0, 0.1) is 5.41 Å². The van der Waals surface area contributed by atoms with E-state index in [1.807, 2.05) is 20.8 Å². The molecule has 0 saturated carbocycles. The van der Waals surface area contributed by atoms with E-state index in [1.54, 1.807) is 12.0 Å². The molecular formula is C12H23NO3. The molecule has 1 heterocycles. The van der Waals surface area contributed by atoms with Gasteiger partial charge >= 0.3 is 6.09 Å². The molecule has 0 radical (unpaired) electrons. The third kappa shape index (κ3) is 3.67. The molecule has 1 aliphatic heterocycles. The van der Waals surface area contributed by atoms with Gasteiger partial charge in [-0.05, 0) is 27.2 Å².